The van der Waals surface area contributed by atoms with E-state index in [0.29, 0.717) is 15.6 Å². The molecule has 0 saturated heterocycles. The Bertz CT molecular complexity index is 656. The van der Waals surface area contributed by atoms with Crippen molar-refractivity contribution in [2.45, 2.75) is 19.4 Å². The summed E-state index contributed by atoms with van der Waals surface area (Å²) in [5.41, 5.74) is 6.70. The van der Waals surface area contributed by atoms with Crippen molar-refractivity contribution in [3.05, 3.63) is 28.1 Å². The lowest BCUT2D eigenvalue weighted by atomic mass is 10.2. The first-order valence-electron chi connectivity index (χ1n) is 6.69. The quantitative estimate of drug-likeness (QED) is 0.878. The van der Waals surface area contributed by atoms with Crippen LogP contribution in [0.2, 0.25) is 5.02 Å². The number of nitrogen functional groups attached to an aromatic ring is 1. The predicted octanol–water partition coefficient (Wildman–Crippen LogP) is 4.35. The van der Waals surface area contributed by atoms with Crippen molar-refractivity contribution in [3.63, 3.8) is 0 Å². The molecular formula is C15H19ClN2OS2. The minimum atomic E-state index is -0.0153. The van der Waals surface area contributed by atoms with Crippen LogP contribution in [0.1, 0.15) is 23.0 Å². The van der Waals surface area contributed by atoms with Gasteiger partial charge in [0.2, 0.25) is 0 Å². The van der Waals surface area contributed by atoms with E-state index < -0.39 is 0 Å². The van der Waals surface area contributed by atoms with E-state index in [-0.39, 0.29) is 11.9 Å². The SMILES string of the molecule is CSCCC(C)N(C)C(=O)c1sc2cc(Cl)ccc2c1N. The average Bonchev–Trinajstić information content (AvgIpc) is 2.79. The molecule has 1 amide bonds. The Morgan fingerprint density at radius 2 is 2.24 bits per heavy atom. The number of carbonyl (C=O) groups is 1. The molecule has 1 atom stereocenters. The molecule has 114 valence electrons. The molecule has 1 aromatic carbocycles. The summed E-state index contributed by atoms with van der Waals surface area (Å²) in [4.78, 5) is 15.0. The summed E-state index contributed by atoms with van der Waals surface area (Å²) >= 11 is 9.20. The van der Waals surface area contributed by atoms with Crippen LogP contribution in [0.3, 0.4) is 0 Å². The van der Waals surface area contributed by atoms with E-state index in [1.165, 1.54) is 11.3 Å². The van der Waals surface area contributed by atoms with Gasteiger partial charge < -0.3 is 10.6 Å². The summed E-state index contributed by atoms with van der Waals surface area (Å²) in [5, 5.41) is 1.56. The van der Waals surface area contributed by atoms with Gasteiger partial charge in [0.15, 0.2) is 0 Å². The van der Waals surface area contributed by atoms with E-state index in [4.69, 9.17) is 17.3 Å². The van der Waals surface area contributed by atoms with Crippen molar-refractivity contribution < 1.29 is 4.79 Å². The van der Waals surface area contributed by atoms with Gasteiger partial charge in [0, 0.05) is 28.2 Å². The number of thioether (sulfide) groups is 1. The van der Waals surface area contributed by atoms with E-state index in [1.807, 2.05) is 19.2 Å². The van der Waals surface area contributed by atoms with Gasteiger partial charge in [-0.3, -0.25) is 4.79 Å². The van der Waals surface area contributed by atoms with E-state index in [2.05, 4.69) is 13.2 Å². The monoisotopic (exact) mass is 342 g/mol. The topological polar surface area (TPSA) is 46.3 Å². The van der Waals surface area contributed by atoms with E-state index in [0.717, 1.165) is 22.3 Å². The van der Waals surface area contributed by atoms with Crippen molar-refractivity contribution >= 4 is 56.4 Å². The maximum Gasteiger partial charge on any atom is 0.266 e. The number of benzene rings is 1. The number of nitrogens with zero attached hydrogens (tertiary/aromatic N) is 1. The molecule has 21 heavy (non-hydrogen) atoms. The number of fused-ring (bicyclic) bond motifs is 1. The number of halogens is 1. The van der Waals surface area contributed by atoms with Crippen LogP contribution < -0.4 is 5.73 Å². The number of carbonyl (C=O) groups excluding carboxylic acids is 1. The molecule has 2 N–H and O–H groups in total. The van der Waals surface area contributed by atoms with Crippen molar-refractivity contribution in [2.75, 3.05) is 24.8 Å². The first-order valence-corrected chi connectivity index (χ1v) is 9.28. The Morgan fingerprint density at radius 1 is 1.52 bits per heavy atom. The highest BCUT2D eigenvalue weighted by atomic mass is 35.5. The molecule has 2 rings (SSSR count). The highest BCUT2D eigenvalue weighted by molar-refractivity contribution is 7.98. The fourth-order valence-corrected chi connectivity index (χ4v) is 4.05. The third-order valence-electron chi connectivity index (χ3n) is 3.61. The zero-order chi connectivity index (χ0) is 15.6. The van der Waals surface area contributed by atoms with Crippen molar-refractivity contribution in [3.8, 4) is 0 Å². The molecule has 0 radical (unpaired) electrons. The van der Waals surface area contributed by atoms with Gasteiger partial charge in [-0.25, -0.2) is 0 Å². The van der Waals surface area contributed by atoms with Gasteiger partial charge in [0.1, 0.15) is 4.88 Å². The lowest BCUT2D eigenvalue weighted by molar-refractivity contribution is 0.0747. The standard InChI is InChI=1S/C15H19ClN2OS2/c1-9(6-7-20-3)18(2)15(19)14-13(17)11-5-4-10(16)8-12(11)21-14/h4-5,8-9H,6-7,17H2,1-3H3. The fraction of sp³-hybridized carbons (Fsp3) is 0.400. The summed E-state index contributed by atoms with van der Waals surface area (Å²) in [6.45, 7) is 2.06. The number of rotatable bonds is 5. The van der Waals surface area contributed by atoms with Crippen molar-refractivity contribution in [1.29, 1.82) is 0 Å². The molecule has 1 aromatic heterocycles. The maximum absolute atomic E-state index is 12.6. The van der Waals surface area contributed by atoms with Gasteiger partial charge in [-0.15, -0.1) is 11.3 Å². The maximum atomic E-state index is 12.6. The molecule has 0 aliphatic heterocycles. The van der Waals surface area contributed by atoms with E-state index in [1.54, 1.807) is 22.7 Å². The van der Waals surface area contributed by atoms with Gasteiger partial charge in [0.25, 0.3) is 5.91 Å². The molecule has 6 heteroatoms. The minimum Gasteiger partial charge on any atom is -0.397 e. The van der Waals surface area contributed by atoms with E-state index in [9.17, 15) is 4.79 Å². The molecule has 0 aliphatic rings. The minimum absolute atomic E-state index is 0.0153. The average molecular weight is 343 g/mol. The van der Waals surface area contributed by atoms with Gasteiger partial charge in [-0.05, 0) is 43.6 Å². The van der Waals surface area contributed by atoms with Gasteiger partial charge in [-0.2, -0.15) is 11.8 Å². The molecule has 3 nitrogen and oxygen atoms in total. The van der Waals surface area contributed by atoms with Crippen LogP contribution in [-0.4, -0.2) is 35.9 Å². The normalized spacial score (nSPS) is 12.6. The second kappa shape index (κ2) is 6.90. The first-order chi connectivity index (χ1) is 9.95. The Labute approximate surface area is 138 Å². The lowest BCUT2D eigenvalue weighted by Gasteiger charge is -2.24. The molecule has 0 bridgehead atoms. The third kappa shape index (κ3) is 3.47. The number of thiophene rings is 1. The molecule has 0 spiro atoms. The van der Waals surface area contributed by atoms with Crippen LogP contribution in [-0.2, 0) is 0 Å². The number of hydrogen-bond donors (Lipinski definition) is 1. The Kier molecular flexibility index (Phi) is 5.41. The first kappa shape index (κ1) is 16.5. The van der Waals surface area contributed by atoms with Crippen LogP contribution in [0, 0.1) is 0 Å². The number of hydrogen-bond acceptors (Lipinski definition) is 4. The molecule has 1 unspecified atom stereocenters. The molecular weight excluding hydrogens is 324 g/mol. The predicted molar refractivity (Wildman–Crippen MR) is 95.8 cm³/mol. The second-order valence-corrected chi connectivity index (χ2v) is 7.51. The summed E-state index contributed by atoms with van der Waals surface area (Å²) in [5.74, 6) is 1.02. The fourth-order valence-electron chi connectivity index (χ4n) is 2.09. The lowest BCUT2D eigenvalue weighted by Crippen LogP contribution is -2.35. The zero-order valence-electron chi connectivity index (χ0n) is 12.4. The molecule has 1 heterocycles. The van der Waals surface area contributed by atoms with Crippen LogP contribution in [0.25, 0.3) is 10.1 Å². The van der Waals surface area contributed by atoms with Crippen LogP contribution in [0.5, 0.6) is 0 Å². The Hall–Kier alpha value is -0.910. The smallest absolute Gasteiger partial charge is 0.266 e. The molecule has 0 fully saturated rings. The van der Waals surface area contributed by atoms with Crippen LogP contribution in [0.4, 0.5) is 5.69 Å². The number of anilines is 1. The number of amides is 1. The number of nitrogens with two attached hydrogens (primary N) is 1. The summed E-state index contributed by atoms with van der Waals surface area (Å²) in [6.07, 6.45) is 3.04. The third-order valence-corrected chi connectivity index (χ3v) is 5.64. The van der Waals surface area contributed by atoms with E-state index >= 15 is 0 Å². The molecule has 0 aliphatic carbocycles. The highest BCUT2D eigenvalue weighted by Gasteiger charge is 2.22. The van der Waals surface area contributed by atoms with Crippen LogP contribution >= 0.6 is 34.7 Å². The highest BCUT2D eigenvalue weighted by Crippen LogP contribution is 2.36. The van der Waals surface area contributed by atoms with Gasteiger partial charge in [-0.1, -0.05) is 11.6 Å². The molecule has 0 saturated carbocycles. The summed E-state index contributed by atoms with van der Waals surface area (Å²) in [7, 11) is 1.84. The van der Waals surface area contributed by atoms with Gasteiger partial charge >= 0.3 is 0 Å². The summed E-state index contributed by atoms with van der Waals surface area (Å²) < 4.78 is 0.952. The van der Waals surface area contributed by atoms with Crippen LogP contribution in [0.15, 0.2) is 18.2 Å². The Morgan fingerprint density at radius 3 is 2.90 bits per heavy atom. The Balaban J connectivity index is 2.28. The summed E-state index contributed by atoms with van der Waals surface area (Å²) in [6, 6.07) is 5.72. The van der Waals surface area contributed by atoms with Crippen molar-refractivity contribution in [2.24, 2.45) is 0 Å². The van der Waals surface area contributed by atoms with Crippen molar-refractivity contribution in [1.82, 2.24) is 4.90 Å². The van der Waals surface area contributed by atoms with Gasteiger partial charge in [0.05, 0.1) is 5.69 Å². The zero-order valence-corrected chi connectivity index (χ0v) is 14.7. The molecule has 2 aromatic rings. The largest absolute Gasteiger partial charge is 0.397 e. The second-order valence-electron chi connectivity index (χ2n) is 5.03.